The third kappa shape index (κ3) is 4.30. The van der Waals surface area contributed by atoms with E-state index in [9.17, 15) is 14.4 Å². The lowest BCUT2D eigenvalue weighted by Crippen LogP contribution is -2.55. The minimum atomic E-state index is -1.24. The Morgan fingerprint density at radius 1 is 1.03 bits per heavy atom. The SMILES string of the molecule is Cc1cccc(C)c1N1CC=C[C@]23O[C@H]4C=CCCOC(=O)[C@H]4[C@H]2C(=O)N(CCCCCCO)C3C1=O. The van der Waals surface area contributed by atoms with Crippen LogP contribution in [0.15, 0.2) is 42.5 Å². The van der Waals surface area contributed by atoms with E-state index < -0.39 is 35.6 Å². The van der Waals surface area contributed by atoms with Crippen LogP contribution in [0.2, 0.25) is 0 Å². The molecule has 5 atom stereocenters. The summed E-state index contributed by atoms with van der Waals surface area (Å²) in [6.07, 6.45) is 10.6. The van der Waals surface area contributed by atoms with Gasteiger partial charge in [-0.1, -0.05) is 55.3 Å². The average molecular weight is 509 g/mol. The summed E-state index contributed by atoms with van der Waals surface area (Å²) in [4.78, 5) is 45.0. The van der Waals surface area contributed by atoms with Gasteiger partial charge in [-0.2, -0.15) is 0 Å². The molecular formula is C29H36N2O6. The largest absolute Gasteiger partial charge is 0.465 e. The Bertz CT molecular complexity index is 1110. The molecule has 4 aliphatic heterocycles. The zero-order chi connectivity index (χ0) is 26.2. The van der Waals surface area contributed by atoms with Crippen molar-refractivity contribution in [3.63, 3.8) is 0 Å². The van der Waals surface area contributed by atoms with E-state index in [0.717, 1.165) is 29.7 Å². The summed E-state index contributed by atoms with van der Waals surface area (Å²) in [5, 5.41) is 9.12. The van der Waals surface area contributed by atoms with Crippen molar-refractivity contribution in [2.75, 3.05) is 31.2 Å². The molecule has 0 aliphatic carbocycles. The molecule has 0 radical (unpaired) electrons. The number of unbranched alkanes of at least 4 members (excludes halogenated alkanes) is 3. The first-order chi connectivity index (χ1) is 17.9. The average Bonchev–Trinajstić information content (AvgIpc) is 3.23. The van der Waals surface area contributed by atoms with Crippen molar-refractivity contribution in [2.45, 2.75) is 63.7 Å². The number of likely N-dealkylation sites (tertiary alicyclic amines) is 1. The van der Waals surface area contributed by atoms with Gasteiger partial charge in [0.2, 0.25) is 5.91 Å². The fourth-order valence-corrected chi connectivity index (χ4v) is 6.53. The van der Waals surface area contributed by atoms with Gasteiger partial charge in [0.15, 0.2) is 0 Å². The minimum absolute atomic E-state index is 0.136. The van der Waals surface area contributed by atoms with E-state index >= 15 is 0 Å². The lowest BCUT2D eigenvalue weighted by Gasteiger charge is -2.36. The number of fused-ring (bicyclic) bond motifs is 2. The molecule has 1 aromatic carbocycles. The van der Waals surface area contributed by atoms with Crippen LogP contribution >= 0.6 is 0 Å². The zero-order valence-electron chi connectivity index (χ0n) is 21.6. The highest BCUT2D eigenvalue weighted by atomic mass is 16.6. The van der Waals surface area contributed by atoms with Crippen LogP contribution in [0, 0.1) is 25.7 Å². The Labute approximate surface area is 217 Å². The third-order valence-electron chi connectivity index (χ3n) is 8.14. The van der Waals surface area contributed by atoms with Gasteiger partial charge in [0.1, 0.15) is 17.6 Å². The van der Waals surface area contributed by atoms with E-state index in [1.54, 1.807) is 9.80 Å². The number of anilines is 1. The van der Waals surface area contributed by atoms with Crippen molar-refractivity contribution in [3.05, 3.63) is 53.6 Å². The van der Waals surface area contributed by atoms with Crippen LogP contribution in [0.4, 0.5) is 5.69 Å². The van der Waals surface area contributed by atoms with Crippen LogP contribution in [-0.2, 0) is 23.9 Å². The lowest BCUT2D eigenvalue weighted by molar-refractivity contribution is -0.154. The van der Waals surface area contributed by atoms with Crippen LogP contribution in [-0.4, -0.2) is 71.8 Å². The molecule has 0 saturated carbocycles. The zero-order valence-corrected chi connectivity index (χ0v) is 21.6. The summed E-state index contributed by atoms with van der Waals surface area (Å²) in [5.41, 5.74) is 1.56. The van der Waals surface area contributed by atoms with E-state index in [0.29, 0.717) is 32.4 Å². The number of hydrogen-bond acceptors (Lipinski definition) is 6. The number of aliphatic hydroxyl groups is 1. The van der Waals surface area contributed by atoms with Crippen molar-refractivity contribution >= 4 is 23.5 Å². The molecule has 8 heteroatoms. The number of esters is 1. The summed E-state index contributed by atoms with van der Waals surface area (Å²) < 4.78 is 12.1. The first kappa shape index (κ1) is 25.7. The van der Waals surface area contributed by atoms with E-state index in [-0.39, 0.29) is 25.0 Å². The first-order valence-corrected chi connectivity index (χ1v) is 13.4. The second-order valence-electron chi connectivity index (χ2n) is 10.5. The maximum atomic E-state index is 14.4. The Morgan fingerprint density at radius 3 is 2.54 bits per heavy atom. The summed E-state index contributed by atoms with van der Waals surface area (Å²) in [5.74, 6) is -2.49. The fraction of sp³-hybridized carbons (Fsp3) is 0.552. The van der Waals surface area contributed by atoms with Crippen molar-refractivity contribution < 1.29 is 29.0 Å². The smallest absolute Gasteiger partial charge is 0.312 e. The molecular weight excluding hydrogens is 472 g/mol. The van der Waals surface area contributed by atoms with Gasteiger partial charge in [-0.25, -0.2) is 0 Å². The number of para-hydroxylation sites is 1. The van der Waals surface area contributed by atoms with Gasteiger partial charge in [-0.3, -0.25) is 14.4 Å². The van der Waals surface area contributed by atoms with Crippen LogP contribution in [0.3, 0.4) is 0 Å². The summed E-state index contributed by atoms with van der Waals surface area (Å²) in [7, 11) is 0. The lowest BCUT2D eigenvalue weighted by atomic mass is 9.77. The van der Waals surface area contributed by atoms with Gasteiger partial charge < -0.3 is 24.4 Å². The number of benzene rings is 1. The Kier molecular flexibility index (Phi) is 7.23. The molecule has 1 spiro atoms. The second kappa shape index (κ2) is 10.4. The Morgan fingerprint density at radius 2 is 1.78 bits per heavy atom. The molecule has 2 fully saturated rings. The maximum absolute atomic E-state index is 14.4. The number of cyclic esters (lactones) is 1. The van der Waals surface area contributed by atoms with E-state index in [2.05, 4.69) is 0 Å². The molecule has 2 saturated heterocycles. The van der Waals surface area contributed by atoms with Crippen molar-refractivity contribution in [2.24, 2.45) is 11.8 Å². The number of carbonyl (C=O) groups is 3. The number of aliphatic hydroxyl groups excluding tert-OH is 1. The van der Waals surface area contributed by atoms with Crippen LogP contribution in [0.5, 0.6) is 0 Å². The number of ether oxygens (including phenoxy) is 2. The Hall–Kier alpha value is -2.97. The molecule has 198 valence electrons. The van der Waals surface area contributed by atoms with E-state index in [4.69, 9.17) is 14.6 Å². The third-order valence-corrected chi connectivity index (χ3v) is 8.14. The molecule has 5 rings (SSSR count). The molecule has 1 N–H and O–H groups in total. The molecule has 1 unspecified atom stereocenters. The van der Waals surface area contributed by atoms with Gasteiger partial charge in [0.25, 0.3) is 5.91 Å². The van der Waals surface area contributed by atoms with E-state index in [1.807, 2.05) is 56.4 Å². The molecule has 4 aliphatic rings. The molecule has 4 heterocycles. The summed E-state index contributed by atoms with van der Waals surface area (Å²) >= 11 is 0. The molecule has 1 aromatic rings. The topological polar surface area (TPSA) is 96.4 Å². The molecule has 2 amide bonds. The number of amides is 2. The number of rotatable bonds is 7. The van der Waals surface area contributed by atoms with Crippen LogP contribution < -0.4 is 4.90 Å². The highest BCUT2D eigenvalue weighted by molar-refractivity contribution is 6.06. The molecule has 0 bridgehead atoms. The molecule has 8 nitrogen and oxygen atoms in total. The monoisotopic (exact) mass is 508 g/mol. The van der Waals surface area contributed by atoms with Crippen molar-refractivity contribution in [1.82, 2.24) is 4.90 Å². The van der Waals surface area contributed by atoms with Gasteiger partial charge in [-0.15, -0.1) is 0 Å². The van der Waals surface area contributed by atoms with Crippen LogP contribution in [0.1, 0.15) is 43.2 Å². The van der Waals surface area contributed by atoms with Crippen molar-refractivity contribution in [1.29, 1.82) is 0 Å². The number of carbonyl (C=O) groups excluding carboxylic acids is 3. The maximum Gasteiger partial charge on any atom is 0.312 e. The summed E-state index contributed by atoms with van der Waals surface area (Å²) in [6, 6.07) is 5.05. The van der Waals surface area contributed by atoms with Crippen LogP contribution in [0.25, 0.3) is 0 Å². The highest BCUT2D eigenvalue weighted by Crippen LogP contribution is 2.53. The van der Waals surface area contributed by atoms with Gasteiger partial charge in [0, 0.05) is 25.4 Å². The van der Waals surface area contributed by atoms with Gasteiger partial charge in [0.05, 0.1) is 18.6 Å². The highest BCUT2D eigenvalue weighted by Gasteiger charge is 2.71. The first-order valence-electron chi connectivity index (χ1n) is 13.4. The standard InChI is InChI=1S/C29H36N2O6/c1-19-11-9-12-20(2)24(19)30-16-10-14-29-23(22-21(37-29)13-5-8-18-36-28(22)35)26(33)31(25(29)27(30)34)15-6-3-4-7-17-32/h5,9-14,21-23,25,32H,3-4,6-8,15-18H2,1-2H3/t21-,22+,23-,25?,29-/m0/s1. The van der Waals surface area contributed by atoms with Gasteiger partial charge in [-0.05, 0) is 44.2 Å². The minimum Gasteiger partial charge on any atom is -0.465 e. The predicted molar refractivity (Wildman–Crippen MR) is 138 cm³/mol. The van der Waals surface area contributed by atoms with Gasteiger partial charge >= 0.3 is 5.97 Å². The molecule has 37 heavy (non-hydrogen) atoms. The predicted octanol–water partition coefficient (Wildman–Crippen LogP) is 2.84. The van der Waals surface area contributed by atoms with E-state index in [1.165, 1.54) is 0 Å². The fourth-order valence-electron chi connectivity index (χ4n) is 6.53. The Balaban J connectivity index is 1.56. The normalized spacial score (nSPS) is 30.9. The number of aryl methyl sites for hydroxylation is 2. The molecule has 0 aromatic heterocycles. The number of nitrogens with zero attached hydrogens (tertiary/aromatic N) is 2. The quantitative estimate of drug-likeness (QED) is 0.346. The second-order valence-corrected chi connectivity index (χ2v) is 10.5. The summed E-state index contributed by atoms with van der Waals surface area (Å²) in [6.45, 7) is 5.11. The number of hydrogen-bond donors (Lipinski definition) is 1. The van der Waals surface area contributed by atoms with Crippen molar-refractivity contribution in [3.8, 4) is 0 Å².